The lowest BCUT2D eigenvalue weighted by molar-refractivity contribution is -0.140. The highest BCUT2D eigenvalue weighted by atomic mass is 16.5. The van der Waals surface area contributed by atoms with Crippen molar-refractivity contribution in [1.82, 2.24) is 15.0 Å². The minimum atomic E-state index is -0.340. The van der Waals surface area contributed by atoms with E-state index in [9.17, 15) is 4.79 Å². The summed E-state index contributed by atoms with van der Waals surface area (Å²) in [6.07, 6.45) is 5.75. The Bertz CT molecular complexity index is 492. The first kappa shape index (κ1) is 15.5. The molecule has 1 aliphatic carbocycles. The number of hydrogen-bond acceptors (Lipinski definition) is 5. The molecule has 0 aromatic carbocycles. The predicted molar refractivity (Wildman–Crippen MR) is 82.9 cm³/mol. The van der Waals surface area contributed by atoms with Gasteiger partial charge in [-0.25, -0.2) is 0 Å². The van der Waals surface area contributed by atoms with Crippen molar-refractivity contribution in [1.29, 1.82) is 0 Å². The lowest BCUT2D eigenvalue weighted by atomic mass is 9.74. The molecule has 1 aromatic rings. The zero-order chi connectivity index (χ0) is 15.6. The molecular formula is C16H26N4O2. The van der Waals surface area contributed by atoms with Gasteiger partial charge < -0.3 is 15.2 Å². The molecule has 2 aliphatic rings. The van der Waals surface area contributed by atoms with E-state index in [4.69, 9.17) is 10.3 Å². The van der Waals surface area contributed by atoms with Gasteiger partial charge in [0.1, 0.15) is 6.26 Å². The molecule has 0 radical (unpaired) electrons. The fourth-order valence-electron chi connectivity index (χ4n) is 3.66. The third-order valence-corrected chi connectivity index (χ3v) is 5.11. The molecule has 122 valence electrons. The number of nitrogens with two attached hydrogens (primary N) is 1. The zero-order valence-corrected chi connectivity index (χ0v) is 13.3. The summed E-state index contributed by atoms with van der Waals surface area (Å²) >= 11 is 0. The van der Waals surface area contributed by atoms with E-state index in [2.05, 4.69) is 10.1 Å². The molecule has 6 nitrogen and oxygen atoms in total. The van der Waals surface area contributed by atoms with Crippen LogP contribution in [0.2, 0.25) is 0 Å². The van der Waals surface area contributed by atoms with E-state index in [1.165, 1.54) is 0 Å². The summed E-state index contributed by atoms with van der Waals surface area (Å²) in [5.41, 5.74) is 6.98. The Morgan fingerprint density at radius 2 is 2.18 bits per heavy atom. The van der Waals surface area contributed by atoms with E-state index < -0.39 is 0 Å². The van der Waals surface area contributed by atoms with Crippen molar-refractivity contribution < 1.29 is 9.32 Å². The maximum atomic E-state index is 12.8. The molecule has 1 saturated carbocycles. The SMILES string of the molecule is CC1(N)CCCCC1C(=O)N1CCN(Cc2ccon2)CC1. The fourth-order valence-corrected chi connectivity index (χ4v) is 3.66. The molecule has 1 aromatic heterocycles. The van der Waals surface area contributed by atoms with Gasteiger partial charge in [0, 0.05) is 44.3 Å². The van der Waals surface area contributed by atoms with Gasteiger partial charge in [0.05, 0.1) is 11.6 Å². The second kappa shape index (κ2) is 6.38. The molecule has 0 bridgehead atoms. The highest BCUT2D eigenvalue weighted by Gasteiger charge is 2.40. The number of carbonyl (C=O) groups excluding carboxylic acids is 1. The Hall–Kier alpha value is -1.40. The van der Waals surface area contributed by atoms with E-state index in [-0.39, 0.29) is 17.4 Å². The molecule has 1 amide bonds. The van der Waals surface area contributed by atoms with Gasteiger partial charge in [-0.3, -0.25) is 9.69 Å². The van der Waals surface area contributed by atoms with Crippen LogP contribution in [0.15, 0.2) is 16.9 Å². The minimum absolute atomic E-state index is 0.0108. The van der Waals surface area contributed by atoms with Crippen molar-refractivity contribution in [2.24, 2.45) is 11.7 Å². The lowest BCUT2D eigenvalue weighted by Crippen LogP contribution is -2.57. The van der Waals surface area contributed by atoms with Crippen LogP contribution in [0.5, 0.6) is 0 Å². The molecule has 1 aliphatic heterocycles. The van der Waals surface area contributed by atoms with Crippen LogP contribution >= 0.6 is 0 Å². The first-order valence-electron chi connectivity index (χ1n) is 8.25. The molecule has 2 N–H and O–H groups in total. The molecule has 1 saturated heterocycles. The largest absolute Gasteiger partial charge is 0.364 e. The van der Waals surface area contributed by atoms with Crippen molar-refractivity contribution in [3.8, 4) is 0 Å². The normalized spacial score (nSPS) is 30.5. The summed E-state index contributed by atoms with van der Waals surface area (Å²) in [7, 11) is 0. The number of amides is 1. The van der Waals surface area contributed by atoms with Crippen LogP contribution in [0.1, 0.15) is 38.3 Å². The number of piperazine rings is 1. The first-order valence-corrected chi connectivity index (χ1v) is 8.25. The average Bonchev–Trinajstić information content (AvgIpc) is 3.00. The van der Waals surface area contributed by atoms with Gasteiger partial charge in [0.25, 0.3) is 0 Å². The van der Waals surface area contributed by atoms with E-state index in [0.29, 0.717) is 0 Å². The van der Waals surface area contributed by atoms with Crippen molar-refractivity contribution in [2.75, 3.05) is 26.2 Å². The molecular weight excluding hydrogens is 280 g/mol. The van der Waals surface area contributed by atoms with Gasteiger partial charge in [0.15, 0.2) is 0 Å². The topological polar surface area (TPSA) is 75.6 Å². The Balaban J connectivity index is 1.53. The van der Waals surface area contributed by atoms with Crippen molar-refractivity contribution in [3.63, 3.8) is 0 Å². The second-order valence-electron chi connectivity index (χ2n) is 6.90. The molecule has 3 rings (SSSR count). The Morgan fingerprint density at radius 3 is 2.82 bits per heavy atom. The number of aromatic nitrogens is 1. The number of nitrogens with zero attached hydrogens (tertiary/aromatic N) is 3. The van der Waals surface area contributed by atoms with Crippen LogP contribution in [0.3, 0.4) is 0 Å². The fraction of sp³-hybridized carbons (Fsp3) is 0.750. The van der Waals surface area contributed by atoms with Crippen molar-refractivity contribution in [2.45, 2.75) is 44.7 Å². The summed E-state index contributed by atoms with van der Waals surface area (Å²) in [6.45, 7) is 6.15. The molecule has 0 spiro atoms. The lowest BCUT2D eigenvalue weighted by Gasteiger charge is -2.42. The van der Waals surface area contributed by atoms with Gasteiger partial charge >= 0.3 is 0 Å². The molecule has 2 atom stereocenters. The summed E-state index contributed by atoms with van der Waals surface area (Å²) in [6, 6.07) is 1.89. The van der Waals surface area contributed by atoms with Gasteiger partial charge in [-0.05, 0) is 19.8 Å². The second-order valence-corrected chi connectivity index (χ2v) is 6.90. The molecule has 2 heterocycles. The monoisotopic (exact) mass is 306 g/mol. The molecule has 2 unspecified atom stereocenters. The van der Waals surface area contributed by atoms with Crippen molar-refractivity contribution in [3.05, 3.63) is 18.0 Å². The van der Waals surface area contributed by atoms with Gasteiger partial charge in [-0.15, -0.1) is 0 Å². The number of carbonyl (C=O) groups is 1. The van der Waals surface area contributed by atoms with E-state index >= 15 is 0 Å². The summed E-state index contributed by atoms with van der Waals surface area (Å²) < 4.78 is 4.86. The Morgan fingerprint density at radius 1 is 1.41 bits per heavy atom. The number of rotatable bonds is 3. The van der Waals surface area contributed by atoms with E-state index in [1.807, 2.05) is 17.9 Å². The van der Waals surface area contributed by atoms with Crippen LogP contribution in [0, 0.1) is 5.92 Å². The molecule has 6 heteroatoms. The maximum Gasteiger partial charge on any atom is 0.227 e. The van der Waals surface area contributed by atoms with E-state index in [1.54, 1.807) is 6.26 Å². The van der Waals surface area contributed by atoms with Gasteiger partial charge in [-0.1, -0.05) is 18.0 Å². The minimum Gasteiger partial charge on any atom is -0.364 e. The quantitative estimate of drug-likeness (QED) is 0.909. The summed E-state index contributed by atoms with van der Waals surface area (Å²) in [5, 5.41) is 3.94. The Labute approximate surface area is 131 Å². The maximum absolute atomic E-state index is 12.8. The summed E-state index contributed by atoms with van der Waals surface area (Å²) in [4.78, 5) is 17.1. The molecule has 2 fully saturated rings. The first-order chi connectivity index (χ1) is 10.6. The van der Waals surface area contributed by atoms with E-state index in [0.717, 1.165) is 64.1 Å². The van der Waals surface area contributed by atoms with Crippen molar-refractivity contribution >= 4 is 5.91 Å². The van der Waals surface area contributed by atoms with Crippen LogP contribution < -0.4 is 5.73 Å². The smallest absolute Gasteiger partial charge is 0.227 e. The number of hydrogen-bond donors (Lipinski definition) is 1. The van der Waals surface area contributed by atoms with Gasteiger partial charge in [-0.2, -0.15) is 0 Å². The third kappa shape index (κ3) is 3.33. The highest BCUT2D eigenvalue weighted by molar-refractivity contribution is 5.80. The summed E-state index contributed by atoms with van der Waals surface area (Å²) in [5.74, 6) is 0.245. The predicted octanol–water partition coefficient (Wildman–Crippen LogP) is 1.23. The van der Waals surface area contributed by atoms with Crippen LogP contribution in [0.25, 0.3) is 0 Å². The third-order valence-electron chi connectivity index (χ3n) is 5.11. The average molecular weight is 306 g/mol. The van der Waals surface area contributed by atoms with Gasteiger partial charge in [0.2, 0.25) is 5.91 Å². The van der Waals surface area contributed by atoms with Crippen LogP contribution in [0.4, 0.5) is 0 Å². The molecule has 22 heavy (non-hydrogen) atoms. The zero-order valence-electron chi connectivity index (χ0n) is 13.3. The van der Waals surface area contributed by atoms with Crippen LogP contribution in [-0.4, -0.2) is 52.6 Å². The highest BCUT2D eigenvalue weighted by Crippen LogP contribution is 2.33. The standard InChI is InChI=1S/C16H26N4O2/c1-16(17)6-3-2-4-14(16)15(21)20-9-7-19(8-10-20)12-13-5-11-22-18-13/h5,11,14H,2-4,6-10,12,17H2,1H3. The van der Waals surface area contributed by atoms with Crippen LogP contribution in [-0.2, 0) is 11.3 Å². The Kier molecular flexibility index (Phi) is 4.49.